The third-order valence-corrected chi connectivity index (χ3v) is 4.43. The Bertz CT molecular complexity index is 820. The zero-order chi connectivity index (χ0) is 17.3. The van der Waals surface area contributed by atoms with E-state index in [1.807, 2.05) is 26.0 Å². The minimum absolute atomic E-state index is 0.735. The van der Waals surface area contributed by atoms with Crippen LogP contribution in [0.2, 0.25) is 0 Å². The lowest BCUT2D eigenvalue weighted by Crippen LogP contribution is -2.03. The van der Waals surface area contributed by atoms with Gasteiger partial charge in [0.05, 0.1) is 24.2 Å². The van der Waals surface area contributed by atoms with Gasteiger partial charge in [-0.15, -0.1) is 0 Å². The highest BCUT2D eigenvalue weighted by molar-refractivity contribution is 5.92. The van der Waals surface area contributed by atoms with Crippen LogP contribution < -0.4 is 4.74 Å². The fraction of sp³-hybridized carbons (Fsp3) is 0.421. The van der Waals surface area contributed by atoms with Crippen LogP contribution >= 0.6 is 0 Å². The van der Waals surface area contributed by atoms with E-state index >= 15 is 0 Å². The number of rotatable bonds is 5. The van der Waals surface area contributed by atoms with E-state index in [-0.39, 0.29) is 0 Å². The van der Waals surface area contributed by atoms with Crippen LogP contribution in [0, 0.1) is 27.7 Å². The molecule has 0 fully saturated rings. The minimum atomic E-state index is 0.735. The fourth-order valence-electron chi connectivity index (χ4n) is 3.24. The van der Waals surface area contributed by atoms with Crippen molar-refractivity contribution in [2.75, 3.05) is 6.61 Å². The molecule has 0 saturated heterocycles. The minimum Gasteiger partial charge on any atom is -0.492 e. The molecular formula is C19H24N4O. The zero-order valence-corrected chi connectivity index (χ0v) is 15.1. The Balaban J connectivity index is 2.04. The standard InChI is InChI=1S/C19H24N4O/c1-6-7-10-24-16-8-9-17(20-11-16)23-14(4)18-12(2)21-22-13(3)19(18)15(23)5/h8-9,11H,6-7,10H2,1-5H3. The van der Waals surface area contributed by atoms with Gasteiger partial charge in [-0.2, -0.15) is 10.2 Å². The van der Waals surface area contributed by atoms with Crippen LogP contribution in [0.15, 0.2) is 18.3 Å². The van der Waals surface area contributed by atoms with Crippen LogP contribution in [0.5, 0.6) is 5.75 Å². The summed E-state index contributed by atoms with van der Waals surface area (Å²) in [6.07, 6.45) is 3.98. The highest BCUT2D eigenvalue weighted by Crippen LogP contribution is 2.31. The maximum absolute atomic E-state index is 5.70. The molecular weight excluding hydrogens is 300 g/mol. The molecule has 0 aromatic carbocycles. The van der Waals surface area contributed by atoms with Crippen molar-refractivity contribution >= 4 is 10.8 Å². The Kier molecular flexibility index (Phi) is 4.51. The summed E-state index contributed by atoms with van der Waals surface area (Å²) in [5.41, 5.74) is 4.19. The van der Waals surface area contributed by atoms with Gasteiger partial charge in [0.15, 0.2) is 0 Å². The fourth-order valence-corrected chi connectivity index (χ4v) is 3.24. The van der Waals surface area contributed by atoms with Crippen LogP contribution in [0.1, 0.15) is 42.5 Å². The number of fused-ring (bicyclic) bond motifs is 1. The van der Waals surface area contributed by atoms with Crippen molar-refractivity contribution in [1.29, 1.82) is 0 Å². The number of hydrogen-bond acceptors (Lipinski definition) is 4. The quantitative estimate of drug-likeness (QED) is 0.659. The third-order valence-electron chi connectivity index (χ3n) is 4.43. The Morgan fingerprint density at radius 2 is 1.58 bits per heavy atom. The van der Waals surface area contributed by atoms with Crippen LogP contribution in [0.25, 0.3) is 16.6 Å². The van der Waals surface area contributed by atoms with E-state index in [1.165, 1.54) is 10.8 Å². The van der Waals surface area contributed by atoms with Crippen LogP contribution in [-0.4, -0.2) is 26.4 Å². The van der Waals surface area contributed by atoms with E-state index in [9.17, 15) is 0 Å². The van der Waals surface area contributed by atoms with Gasteiger partial charge < -0.3 is 9.30 Å². The molecule has 3 aromatic rings. The molecule has 0 aliphatic heterocycles. The number of aromatic nitrogens is 4. The van der Waals surface area contributed by atoms with Crippen LogP contribution in [0.3, 0.4) is 0 Å². The molecule has 0 unspecified atom stereocenters. The lowest BCUT2D eigenvalue weighted by molar-refractivity contribution is 0.308. The van der Waals surface area contributed by atoms with Crippen molar-refractivity contribution in [2.24, 2.45) is 0 Å². The van der Waals surface area contributed by atoms with Gasteiger partial charge >= 0.3 is 0 Å². The molecule has 3 rings (SSSR count). The molecule has 3 heterocycles. The summed E-state index contributed by atoms with van der Waals surface area (Å²) in [6.45, 7) is 11.1. The van der Waals surface area contributed by atoms with Gasteiger partial charge in [0.1, 0.15) is 11.6 Å². The lowest BCUT2D eigenvalue weighted by Gasteiger charge is -2.10. The summed E-state index contributed by atoms with van der Waals surface area (Å²) in [7, 11) is 0. The van der Waals surface area contributed by atoms with Crippen molar-refractivity contribution in [1.82, 2.24) is 19.7 Å². The lowest BCUT2D eigenvalue weighted by atomic mass is 10.1. The largest absolute Gasteiger partial charge is 0.492 e. The first kappa shape index (κ1) is 16.4. The molecule has 0 aliphatic rings. The summed E-state index contributed by atoms with van der Waals surface area (Å²) in [5.74, 6) is 1.71. The Hall–Kier alpha value is -2.43. The Morgan fingerprint density at radius 3 is 2.08 bits per heavy atom. The first-order valence-electron chi connectivity index (χ1n) is 8.45. The summed E-state index contributed by atoms with van der Waals surface area (Å²) >= 11 is 0. The number of aryl methyl sites for hydroxylation is 4. The molecule has 0 saturated carbocycles. The second-order valence-electron chi connectivity index (χ2n) is 6.18. The van der Waals surface area contributed by atoms with Crippen LogP contribution in [-0.2, 0) is 0 Å². The average Bonchev–Trinajstić information content (AvgIpc) is 2.84. The molecule has 24 heavy (non-hydrogen) atoms. The molecule has 0 N–H and O–H groups in total. The molecule has 126 valence electrons. The van der Waals surface area contributed by atoms with E-state index in [0.717, 1.165) is 53.8 Å². The van der Waals surface area contributed by atoms with Crippen molar-refractivity contribution in [3.05, 3.63) is 41.1 Å². The first-order valence-corrected chi connectivity index (χ1v) is 8.45. The Morgan fingerprint density at radius 1 is 0.958 bits per heavy atom. The van der Waals surface area contributed by atoms with E-state index in [1.54, 1.807) is 6.20 Å². The molecule has 3 aromatic heterocycles. The second kappa shape index (κ2) is 6.59. The molecule has 0 aliphatic carbocycles. The average molecular weight is 324 g/mol. The summed E-state index contributed by atoms with van der Waals surface area (Å²) in [5, 5.41) is 10.9. The summed E-state index contributed by atoms with van der Waals surface area (Å²) in [6, 6.07) is 3.99. The van der Waals surface area contributed by atoms with Gasteiger partial charge in [-0.25, -0.2) is 4.98 Å². The van der Waals surface area contributed by atoms with Gasteiger partial charge in [0.2, 0.25) is 0 Å². The van der Waals surface area contributed by atoms with Gasteiger partial charge in [-0.3, -0.25) is 0 Å². The van der Waals surface area contributed by atoms with E-state index in [0.29, 0.717) is 0 Å². The number of hydrogen-bond donors (Lipinski definition) is 0. The van der Waals surface area contributed by atoms with Crippen molar-refractivity contribution in [3.63, 3.8) is 0 Å². The van der Waals surface area contributed by atoms with Crippen molar-refractivity contribution < 1.29 is 4.74 Å². The molecule has 5 nitrogen and oxygen atoms in total. The molecule has 5 heteroatoms. The van der Waals surface area contributed by atoms with Gasteiger partial charge in [-0.1, -0.05) is 13.3 Å². The van der Waals surface area contributed by atoms with Crippen molar-refractivity contribution in [3.8, 4) is 11.6 Å². The molecule has 0 spiro atoms. The molecule has 0 amide bonds. The van der Waals surface area contributed by atoms with Crippen LogP contribution in [0.4, 0.5) is 0 Å². The summed E-state index contributed by atoms with van der Waals surface area (Å²) in [4.78, 5) is 4.60. The number of pyridine rings is 1. The van der Waals surface area contributed by atoms with Crippen molar-refractivity contribution in [2.45, 2.75) is 47.5 Å². The predicted octanol–water partition coefficient (Wildman–Crippen LogP) is 4.23. The highest BCUT2D eigenvalue weighted by Gasteiger charge is 2.18. The number of nitrogens with zero attached hydrogens (tertiary/aromatic N) is 4. The monoisotopic (exact) mass is 324 g/mol. The highest BCUT2D eigenvalue weighted by atomic mass is 16.5. The normalized spacial score (nSPS) is 11.2. The zero-order valence-electron chi connectivity index (χ0n) is 15.1. The SMILES string of the molecule is CCCCOc1ccc(-n2c(C)c3c(C)nnc(C)c3c2C)nc1. The second-order valence-corrected chi connectivity index (χ2v) is 6.18. The smallest absolute Gasteiger partial charge is 0.137 e. The molecule has 0 bridgehead atoms. The predicted molar refractivity (Wildman–Crippen MR) is 96.0 cm³/mol. The van der Waals surface area contributed by atoms with E-state index in [2.05, 4.69) is 40.5 Å². The number of ether oxygens (including phenoxy) is 1. The Labute approximate surface area is 142 Å². The van der Waals surface area contributed by atoms with Gasteiger partial charge in [-0.05, 0) is 46.2 Å². The topological polar surface area (TPSA) is 52.8 Å². The van der Waals surface area contributed by atoms with Gasteiger partial charge in [0, 0.05) is 22.2 Å². The third kappa shape index (κ3) is 2.75. The first-order chi connectivity index (χ1) is 11.5. The van der Waals surface area contributed by atoms with Gasteiger partial charge in [0.25, 0.3) is 0 Å². The molecule has 0 radical (unpaired) electrons. The number of unbranched alkanes of at least 4 members (excludes halogenated alkanes) is 1. The summed E-state index contributed by atoms with van der Waals surface area (Å²) < 4.78 is 7.87. The maximum atomic E-state index is 5.70. The van der Waals surface area contributed by atoms with E-state index in [4.69, 9.17) is 4.74 Å². The van der Waals surface area contributed by atoms with E-state index < -0.39 is 0 Å². The molecule has 0 atom stereocenters. The maximum Gasteiger partial charge on any atom is 0.137 e.